The summed E-state index contributed by atoms with van der Waals surface area (Å²) in [5, 5.41) is 23.5. The highest BCUT2D eigenvalue weighted by Crippen LogP contribution is 2.27. The summed E-state index contributed by atoms with van der Waals surface area (Å²) in [6, 6.07) is 6.29. The van der Waals surface area contributed by atoms with Gasteiger partial charge in [0.15, 0.2) is 0 Å². The number of hydrogen-bond donors (Lipinski definition) is 3. The number of rotatable bonds is 6. The SMILES string of the molecule is O=C(NC[C@H]1O[C@@H](CC(=O)N2CCN(c3ccc(F)cc3)CC2)[C@H](O)[C@@H]1O)C1CCCC1. The van der Waals surface area contributed by atoms with Crippen molar-refractivity contribution in [2.75, 3.05) is 37.6 Å². The van der Waals surface area contributed by atoms with Crippen molar-refractivity contribution in [3.63, 3.8) is 0 Å². The van der Waals surface area contributed by atoms with Gasteiger partial charge in [-0.2, -0.15) is 0 Å². The first kappa shape index (κ1) is 22.9. The molecule has 4 rings (SSSR count). The Kier molecular flexibility index (Phi) is 7.27. The summed E-state index contributed by atoms with van der Waals surface area (Å²) in [7, 11) is 0. The maximum atomic E-state index is 13.1. The van der Waals surface area contributed by atoms with Crippen molar-refractivity contribution in [1.82, 2.24) is 10.2 Å². The molecule has 3 fully saturated rings. The van der Waals surface area contributed by atoms with Crippen LogP contribution in [0.4, 0.5) is 10.1 Å². The zero-order chi connectivity index (χ0) is 22.7. The molecule has 176 valence electrons. The van der Waals surface area contributed by atoms with Gasteiger partial charge in [-0.25, -0.2) is 4.39 Å². The van der Waals surface area contributed by atoms with E-state index in [0.29, 0.717) is 26.2 Å². The second-order valence-corrected chi connectivity index (χ2v) is 8.97. The number of carbonyl (C=O) groups is 2. The van der Waals surface area contributed by atoms with Crippen LogP contribution in [0.25, 0.3) is 0 Å². The standard InChI is InChI=1S/C23H32FN3O5/c24-16-5-7-17(8-6-16)26-9-11-27(12-10-26)20(28)13-18-21(29)22(30)19(32-18)14-25-23(31)15-3-1-2-4-15/h5-8,15,18-19,21-22,29-30H,1-4,9-14H2,(H,25,31)/t18-,19+,21-,22+/m0/s1. The Labute approximate surface area is 187 Å². The molecule has 1 saturated carbocycles. The van der Waals surface area contributed by atoms with Crippen LogP contribution in [-0.4, -0.2) is 84.1 Å². The van der Waals surface area contributed by atoms with Crippen molar-refractivity contribution in [1.29, 1.82) is 0 Å². The Morgan fingerprint density at radius 1 is 1.00 bits per heavy atom. The van der Waals surface area contributed by atoms with Crippen molar-refractivity contribution < 1.29 is 28.9 Å². The maximum absolute atomic E-state index is 13.1. The van der Waals surface area contributed by atoms with Gasteiger partial charge in [0.1, 0.15) is 24.1 Å². The van der Waals surface area contributed by atoms with E-state index in [2.05, 4.69) is 10.2 Å². The van der Waals surface area contributed by atoms with Gasteiger partial charge in [-0.3, -0.25) is 9.59 Å². The van der Waals surface area contributed by atoms with Crippen LogP contribution >= 0.6 is 0 Å². The largest absolute Gasteiger partial charge is 0.388 e. The number of amides is 2. The molecule has 1 aliphatic carbocycles. The summed E-state index contributed by atoms with van der Waals surface area (Å²) in [5.74, 6) is -0.442. The second kappa shape index (κ2) is 10.1. The van der Waals surface area contributed by atoms with E-state index in [1.165, 1.54) is 12.1 Å². The van der Waals surface area contributed by atoms with Gasteiger partial charge >= 0.3 is 0 Å². The summed E-state index contributed by atoms with van der Waals surface area (Å²) in [4.78, 5) is 28.8. The van der Waals surface area contributed by atoms with Gasteiger partial charge in [0.25, 0.3) is 0 Å². The Morgan fingerprint density at radius 3 is 2.28 bits per heavy atom. The lowest BCUT2D eigenvalue weighted by atomic mass is 10.0. The third-order valence-corrected chi connectivity index (χ3v) is 6.86. The van der Waals surface area contributed by atoms with E-state index in [-0.39, 0.29) is 36.5 Å². The summed E-state index contributed by atoms with van der Waals surface area (Å²) in [6.07, 6.45) is -0.00253. The second-order valence-electron chi connectivity index (χ2n) is 8.97. The van der Waals surface area contributed by atoms with Crippen LogP contribution in [0.3, 0.4) is 0 Å². The van der Waals surface area contributed by atoms with Crippen molar-refractivity contribution in [3.05, 3.63) is 30.1 Å². The van der Waals surface area contributed by atoms with Crippen LogP contribution in [0.2, 0.25) is 0 Å². The van der Waals surface area contributed by atoms with Gasteiger partial charge < -0.3 is 30.1 Å². The molecule has 0 bridgehead atoms. The van der Waals surface area contributed by atoms with Crippen LogP contribution in [0.15, 0.2) is 24.3 Å². The predicted molar refractivity (Wildman–Crippen MR) is 115 cm³/mol. The Hall–Kier alpha value is -2.23. The molecule has 4 atom stereocenters. The molecule has 3 aliphatic rings. The fourth-order valence-corrected chi connectivity index (χ4v) is 4.86. The first-order chi connectivity index (χ1) is 15.4. The van der Waals surface area contributed by atoms with E-state index in [1.807, 2.05) is 0 Å². The number of aliphatic hydroxyl groups excluding tert-OH is 2. The minimum Gasteiger partial charge on any atom is -0.388 e. The minimum absolute atomic E-state index is 0.0180. The number of aliphatic hydroxyl groups is 2. The quantitative estimate of drug-likeness (QED) is 0.590. The van der Waals surface area contributed by atoms with E-state index < -0.39 is 24.4 Å². The fraction of sp³-hybridized carbons (Fsp3) is 0.652. The maximum Gasteiger partial charge on any atom is 0.225 e. The molecule has 0 radical (unpaired) electrons. The van der Waals surface area contributed by atoms with Crippen molar-refractivity contribution in [2.24, 2.45) is 5.92 Å². The summed E-state index contributed by atoms with van der Waals surface area (Å²) >= 11 is 0. The molecule has 2 amide bonds. The number of piperazine rings is 1. The van der Waals surface area contributed by atoms with E-state index in [1.54, 1.807) is 17.0 Å². The Bertz CT molecular complexity index is 793. The van der Waals surface area contributed by atoms with Gasteiger partial charge in [0.2, 0.25) is 11.8 Å². The number of benzene rings is 1. The van der Waals surface area contributed by atoms with Gasteiger partial charge in [0, 0.05) is 44.3 Å². The van der Waals surface area contributed by atoms with Gasteiger partial charge in [-0.1, -0.05) is 12.8 Å². The average molecular weight is 450 g/mol. The zero-order valence-corrected chi connectivity index (χ0v) is 18.2. The lowest BCUT2D eigenvalue weighted by molar-refractivity contribution is -0.136. The fourth-order valence-electron chi connectivity index (χ4n) is 4.86. The van der Waals surface area contributed by atoms with Crippen molar-refractivity contribution in [2.45, 2.75) is 56.5 Å². The molecule has 0 aromatic heterocycles. The van der Waals surface area contributed by atoms with Crippen LogP contribution in [0, 0.1) is 11.7 Å². The van der Waals surface area contributed by atoms with Crippen LogP contribution in [0.5, 0.6) is 0 Å². The highest BCUT2D eigenvalue weighted by molar-refractivity contribution is 5.79. The molecule has 1 aromatic carbocycles. The minimum atomic E-state index is -1.17. The molecule has 8 nitrogen and oxygen atoms in total. The molecule has 32 heavy (non-hydrogen) atoms. The zero-order valence-electron chi connectivity index (χ0n) is 18.2. The first-order valence-corrected chi connectivity index (χ1v) is 11.5. The number of hydrogen-bond acceptors (Lipinski definition) is 6. The molecule has 2 heterocycles. The third-order valence-electron chi connectivity index (χ3n) is 6.86. The number of halogens is 1. The van der Waals surface area contributed by atoms with Crippen molar-refractivity contribution in [3.8, 4) is 0 Å². The number of nitrogens with zero attached hydrogens (tertiary/aromatic N) is 2. The molecule has 1 aromatic rings. The Morgan fingerprint density at radius 2 is 1.62 bits per heavy atom. The number of nitrogens with one attached hydrogen (secondary N) is 1. The van der Waals surface area contributed by atoms with Crippen LogP contribution in [0.1, 0.15) is 32.1 Å². The Balaban J connectivity index is 1.23. The van der Waals surface area contributed by atoms with Gasteiger partial charge in [-0.15, -0.1) is 0 Å². The van der Waals surface area contributed by atoms with Crippen LogP contribution in [-0.2, 0) is 14.3 Å². The van der Waals surface area contributed by atoms with E-state index >= 15 is 0 Å². The third kappa shape index (κ3) is 5.22. The molecule has 2 aliphatic heterocycles. The number of ether oxygens (including phenoxy) is 1. The first-order valence-electron chi connectivity index (χ1n) is 11.5. The van der Waals surface area contributed by atoms with Gasteiger partial charge in [-0.05, 0) is 37.1 Å². The molecule has 3 N–H and O–H groups in total. The molecular formula is C23H32FN3O5. The lowest BCUT2D eigenvalue weighted by Crippen LogP contribution is -2.49. The van der Waals surface area contributed by atoms with E-state index in [9.17, 15) is 24.2 Å². The number of anilines is 1. The summed E-state index contributed by atoms with van der Waals surface area (Å²) < 4.78 is 18.9. The normalized spacial score (nSPS) is 28.8. The molecule has 2 saturated heterocycles. The molecular weight excluding hydrogens is 417 g/mol. The highest BCUT2D eigenvalue weighted by atomic mass is 19.1. The average Bonchev–Trinajstić information content (AvgIpc) is 3.43. The molecule has 0 unspecified atom stereocenters. The number of carbonyl (C=O) groups excluding carboxylic acids is 2. The lowest BCUT2D eigenvalue weighted by Gasteiger charge is -2.36. The van der Waals surface area contributed by atoms with Gasteiger partial charge in [0.05, 0.1) is 12.5 Å². The van der Waals surface area contributed by atoms with E-state index in [4.69, 9.17) is 4.74 Å². The summed E-state index contributed by atoms with van der Waals surface area (Å²) in [6.45, 7) is 2.41. The molecule has 9 heteroatoms. The topological polar surface area (TPSA) is 102 Å². The predicted octanol–water partition coefficient (Wildman–Crippen LogP) is 0.660. The van der Waals surface area contributed by atoms with Crippen LogP contribution < -0.4 is 10.2 Å². The highest BCUT2D eigenvalue weighted by Gasteiger charge is 2.44. The summed E-state index contributed by atoms with van der Waals surface area (Å²) in [5.41, 5.74) is 0.915. The van der Waals surface area contributed by atoms with E-state index in [0.717, 1.165) is 31.4 Å². The monoisotopic (exact) mass is 449 g/mol. The smallest absolute Gasteiger partial charge is 0.225 e. The van der Waals surface area contributed by atoms with Crippen molar-refractivity contribution >= 4 is 17.5 Å². The molecule has 0 spiro atoms.